The molecule has 5 heteroatoms. The average Bonchev–Trinajstić information content (AvgIpc) is 2.73. The molecule has 7 atom stereocenters. The number of aliphatic hydroxyl groups is 1. The minimum Gasteiger partial charge on any atom is -0.376 e. The van der Waals surface area contributed by atoms with E-state index in [-0.39, 0.29) is 12.2 Å². The molecule has 2 saturated carbocycles. The second-order valence-corrected chi connectivity index (χ2v) is 13.3. The molecular weight excluding hydrogens is 419 g/mol. The highest BCUT2D eigenvalue weighted by Gasteiger charge is 2.46. The van der Waals surface area contributed by atoms with Crippen molar-refractivity contribution >= 4 is 7.60 Å². The van der Waals surface area contributed by atoms with Gasteiger partial charge in [-0.25, -0.2) is 0 Å². The van der Waals surface area contributed by atoms with Crippen LogP contribution in [0.25, 0.3) is 0 Å². The predicted octanol–water partition coefficient (Wildman–Crippen LogP) is 7.83. The zero-order valence-corrected chi connectivity index (χ0v) is 21.8. The van der Waals surface area contributed by atoms with Gasteiger partial charge in [-0.1, -0.05) is 84.7 Å². The first-order valence-corrected chi connectivity index (χ1v) is 14.4. The molecule has 1 aromatic rings. The van der Waals surface area contributed by atoms with E-state index >= 15 is 0 Å². The predicted molar refractivity (Wildman–Crippen MR) is 131 cm³/mol. The van der Waals surface area contributed by atoms with E-state index in [0.29, 0.717) is 41.1 Å². The molecule has 3 rings (SSSR count). The lowest BCUT2D eigenvalue weighted by Crippen LogP contribution is -2.37. The summed E-state index contributed by atoms with van der Waals surface area (Å²) in [5.41, 5.74) is 0.603. The molecule has 4 nitrogen and oxygen atoms in total. The molecule has 2 aliphatic carbocycles. The van der Waals surface area contributed by atoms with Crippen molar-refractivity contribution in [2.75, 3.05) is 0 Å². The zero-order chi connectivity index (χ0) is 23.5. The Kier molecular flexibility index (Phi) is 9.06. The first-order valence-electron chi connectivity index (χ1n) is 12.8. The van der Waals surface area contributed by atoms with Crippen LogP contribution in [0, 0.1) is 35.5 Å². The van der Waals surface area contributed by atoms with Crippen LogP contribution < -0.4 is 0 Å². The molecule has 1 aromatic carbocycles. The molecule has 0 spiro atoms. The van der Waals surface area contributed by atoms with E-state index in [2.05, 4.69) is 41.5 Å². The summed E-state index contributed by atoms with van der Waals surface area (Å²) in [5, 5.41) is 11.4. The highest BCUT2D eigenvalue weighted by Crippen LogP contribution is 2.64. The lowest BCUT2D eigenvalue weighted by Gasteiger charge is -2.42. The van der Waals surface area contributed by atoms with Gasteiger partial charge in [0.25, 0.3) is 0 Å². The third-order valence-electron chi connectivity index (χ3n) is 7.88. The normalized spacial score (nSPS) is 34.4. The van der Waals surface area contributed by atoms with Gasteiger partial charge in [0.15, 0.2) is 5.85 Å². The first-order chi connectivity index (χ1) is 15.1. The van der Waals surface area contributed by atoms with Crippen LogP contribution in [0.2, 0.25) is 0 Å². The van der Waals surface area contributed by atoms with Crippen molar-refractivity contribution in [2.45, 2.75) is 98.1 Å². The van der Waals surface area contributed by atoms with Gasteiger partial charge in [-0.05, 0) is 66.8 Å². The molecule has 0 amide bonds. The summed E-state index contributed by atoms with van der Waals surface area (Å²) in [4.78, 5) is 0. The first kappa shape index (κ1) is 25.9. The molecule has 182 valence electrons. The third kappa shape index (κ3) is 6.26. The van der Waals surface area contributed by atoms with Gasteiger partial charge in [-0.15, -0.1) is 0 Å². The van der Waals surface area contributed by atoms with Gasteiger partial charge in [0.1, 0.15) is 0 Å². The Labute approximate surface area is 196 Å². The summed E-state index contributed by atoms with van der Waals surface area (Å²) in [7, 11) is -3.82. The Morgan fingerprint density at radius 3 is 1.66 bits per heavy atom. The minimum atomic E-state index is -3.82. The van der Waals surface area contributed by atoms with Gasteiger partial charge in [0.05, 0.1) is 12.2 Å². The van der Waals surface area contributed by atoms with E-state index < -0.39 is 13.4 Å². The Balaban J connectivity index is 1.92. The Morgan fingerprint density at radius 1 is 0.812 bits per heavy atom. The van der Waals surface area contributed by atoms with Gasteiger partial charge in [0, 0.05) is 0 Å². The average molecular weight is 465 g/mol. The topological polar surface area (TPSA) is 55.8 Å². The third-order valence-corrected chi connectivity index (χ3v) is 9.91. The maximum absolute atomic E-state index is 14.5. The fourth-order valence-electron chi connectivity index (χ4n) is 5.80. The Hall–Kier alpha value is -0.670. The maximum atomic E-state index is 14.5. The van der Waals surface area contributed by atoms with E-state index in [1.165, 1.54) is 12.8 Å². The van der Waals surface area contributed by atoms with Crippen molar-refractivity contribution in [3.63, 3.8) is 0 Å². The van der Waals surface area contributed by atoms with E-state index in [1.54, 1.807) is 0 Å². The SMILES string of the molecule is CC1CCC(C(C)C)C(OP(=O)(OC2CC(C)CCC2C(C)C)C(O)c2ccccc2)C1. The van der Waals surface area contributed by atoms with Gasteiger partial charge >= 0.3 is 7.60 Å². The van der Waals surface area contributed by atoms with Gasteiger partial charge in [-0.3, -0.25) is 4.57 Å². The van der Waals surface area contributed by atoms with Gasteiger partial charge < -0.3 is 14.2 Å². The number of rotatable bonds is 8. The van der Waals surface area contributed by atoms with Gasteiger partial charge in [-0.2, -0.15) is 0 Å². The van der Waals surface area contributed by atoms with Crippen molar-refractivity contribution in [3.8, 4) is 0 Å². The van der Waals surface area contributed by atoms with Crippen molar-refractivity contribution in [1.29, 1.82) is 0 Å². The fraction of sp³-hybridized carbons (Fsp3) is 0.778. The molecule has 1 N–H and O–H groups in total. The molecule has 0 saturated heterocycles. The van der Waals surface area contributed by atoms with E-state index in [9.17, 15) is 9.67 Å². The van der Waals surface area contributed by atoms with E-state index in [1.807, 2.05) is 30.3 Å². The quantitative estimate of drug-likeness (QED) is 0.398. The number of benzene rings is 1. The van der Waals surface area contributed by atoms with Crippen molar-refractivity contribution in [1.82, 2.24) is 0 Å². The van der Waals surface area contributed by atoms with Crippen LogP contribution in [-0.2, 0) is 13.6 Å². The largest absolute Gasteiger partial charge is 0.376 e. The molecule has 0 aliphatic heterocycles. The minimum absolute atomic E-state index is 0.151. The van der Waals surface area contributed by atoms with Crippen LogP contribution in [0.4, 0.5) is 0 Å². The molecular formula is C27H45O4P. The maximum Gasteiger partial charge on any atom is 0.363 e. The van der Waals surface area contributed by atoms with Crippen molar-refractivity contribution in [3.05, 3.63) is 35.9 Å². The summed E-state index contributed by atoms with van der Waals surface area (Å²) >= 11 is 0. The second-order valence-electron chi connectivity index (χ2n) is 11.3. The Bertz CT molecular complexity index is 711. The van der Waals surface area contributed by atoms with E-state index in [4.69, 9.17) is 9.05 Å². The summed E-state index contributed by atoms with van der Waals surface area (Å²) in [6.45, 7) is 13.3. The highest BCUT2D eigenvalue weighted by atomic mass is 31.2. The fourth-order valence-corrected chi connectivity index (χ4v) is 7.85. The lowest BCUT2D eigenvalue weighted by atomic mass is 9.75. The molecule has 0 heterocycles. The van der Waals surface area contributed by atoms with Crippen LogP contribution in [0.5, 0.6) is 0 Å². The molecule has 7 unspecified atom stereocenters. The number of hydrogen-bond donors (Lipinski definition) is 1. The molecule has 2 fully saturated rings. The summed E-state index contributed by atoms with van der Waals surface area (Å²) < 4.78 is 27.5. The lowest BCUT2D eigenvalue weighted by molar-refractivity contribution is -0.0153. The van der Waals surface area contributed by atoms with Crippen LogP contribution >= 0.6 is 7.60 Å². The van der Waals surface area contributed by atoms with Crippen LogP contribution in [0.1, 0.15) is 91.5 Å². The standard InChI is InChI=1S/C27H45O4P/c1-18(2)23-14-12-20(5)16-25(23)30-32(29,27(28)22-10-8-7-9-11-22)31-26-17-21(6)13-15-24(26)19(3)4/h7-11,18-21,23-28H,12-17H2,1-6H3. The second kappa shape index (κ2) is 11.2. The molecule has 0 aromatic heterocycles. The summed E-state index contributed by atoms with van der Waals surface area (Å²) in [6.07, 6.45) is 5.91. The molecule has 0 bridgehead atoms. The highest BCUT2D eigenvalue weighted by molar-refractivity contribution is 7.54. The number of hydrogen-bond acceptors (Lipinski definition) is 4. The van der Waals surface area contributed by atoms with Crippen molar-refractivity contribution < 1.29 is 18.7 Å². The molecule has 32 heavy (non-hydrogen) atoms. The summed E-state index contributed by atoms with van der Waals surface area (Å²) in [6, 6.07) is 9.26. The monoisotopic (exact) mass is 464 g/mol. The van der Waals surface area contributed by atoms with Crippen molar-refractivity contribution in [2.24, 2.45) is 35.5 Å². The van der Waals surface area contributed by atoms with Crippen LogP contribution in [0.3, 0.4) is 0 Å². The van der Waals surface area contributed by atoms with E-state index in [0.717, 1.165) is 25.7 Å². The van der Waals surface area contributed by atoms with Crippen LogP contribution in [0.15, 0.2) is 30.3 Å². The molecule has 2 aliphatic rings. The molecule has 0 radical (unpaired) electrons. The van der Waals surface area contributed by atoms with Gasteiger partial charge in [0.2, 0.25) is 0 Å². The Morgan fingerprint density at radius 2 is 1.25 bits per heavy atom. The smallest absolute Gasteiger partial charge is 0.363 e. The van der Waals surface area contributed by atoms with Crippen LogP contribution in [-0.4, -0.2) is 17.3 Å². The summed E-state index contributed by atoms with van der Waals surface area (Å²) in [5.74, 6) is 1.32. The zero-order valence-electron chi connectivity index (χ0n) is 20.9. The number of aliphatic hydroxyl groups excluding tert-OH is 1.